The molecule has 0 saturated carbocycles. The zero-order chi connectivity index (χ0) is 17.2. The summed E-state index contributed by atoms with van der Waals surface area (Å²) in [6.07, 6.45) is 1.09. The number of carbonyl (C=O) groups excluding carboxylic acids is 1. The maximum atomic E-state index is 12.3. The van der Waals surface area contributed by atoms with Crippen molar-refractivity contribution in [1.29, 1.82) is 0 Å². The van der Waals surface area contributed by atoms with Crippen LogP contribution in [0.25, 0.3) is 0 Å². The Morgan fingerprint density at radius 2 is 1.87 bits per heavy atom. The minimum atomic E-state index is -3.40. The van der Waals surface area contributed by atoms with Crippen LogP contribution in [0.4, 0.5) is 5.69 Å². The highest BCUT2D eigenvalue weighted by atomic mass is 32.2. The summed E-state index contributed by atoms with van der Waals surface area (Å²) >= 11 is 0. The van der Waals surface area contributed by atoms with Gasteiger partial charge in [-0.15, -0.1) is 0 Å². The van der Waals surface area contributed by atoms with Crippen LogP contribution < -0.4 is 10.0 Å². The molecule has 0 aliphatic rings. The lowest BCUT2D eigenvalue weighted by Crippen LogP contribution is -2.27. The average Bonchev–Trinajstić information content (AvgIpc) is 2.76. The van der Waals surface area contributed by atoms with Gasteiger partial charge in [0.1, 0.15) is 5.76 Å². The van der Waals surface area contributed by atoms with E-state index in [0.29, 0.717) is 17.0 Å². The molecule has 1 atom stereocenters. The third kappa shape index (κ3) is 4.35. The number of hydrogen-bond acceptors (Lipinski definition) is 4. The Hall–Kier alpha value is -2.28. The molecule has 1 aromatic heterocycles. The number of aryl methyl sites for hydroxylation is 2. The first-order valence-corrected chi connectivity index (χ1v) is 9.01. The SMILES string of the molecule is Cc1cc(C)c(C(=O)N[C@@H](C)c2ccccc2NS(C)(=O)=O)o1. The first-order valence-electron chi connectivity index (χ1n) is 7.12. The number of sulfonamides is 1. The van der Waals surface area contributed by atoms with Gasteiger partial charge in [0.25, 0.3) is 5.91 Å². The molecule has 0 unspecified atom stereocenters. The predicted octanol–water partition coefficient (Wildman–Crippen LogP) is 2.76. The number of anilines is 1. The first-order chi connectivity index (χ1) is 10.7. The van der Waals surface area contributed by atoms with E-state index in [0.717, 1.165) is 11.8 Å². The Kier molecular flexibility index (Phi) is 4.79. The van der Waals surface area contributed by atoms with Crippen molar-refractivity contribution in [2.45, 2.75) is 26.8 Å². The maximum absolute atomic E-state index is 12.3. The van der Waals surface area contributed by atoms with E-state index in [1.54, 1.807) is 51.1 Å². The van der Waals surface area contributed by atoms with Crippen LogP contribution in [-0.4, -0.2) is 20.6 Å². The summed E-state index contributed by atoms with van der Waals surface area (Å²) in [4.78, 5) is 12.3. The van der Waals surface area contributed by atoms with Crippen LogP contribution >= 0.6 is 0 Å². The molecule has 0 spiro atoms. The van der Waals surface area contributed by atoms with E-state index < -0.39 is 16.1 Å². The lowest BCUT2D eigenvalue weighted by atomic mass is 10.1. The molecule has 124 valence electrons. The maximum Gasteiger partial charge on any atom is 0.287 e. The van der Waals surface area contributed by atoms with Crippen LogP contribution in [0.15, 0.2) is 34.7 Å². The van der Waals surface area contributed by atoms with Crippen molar-refractivity contribution < 1.29 is 17.6 Å². The molecule has 0 radical (unpaired) electrons. The molecular formula is C16H20N2O4S. The summed E-state index contributed by atoms with van der Waals surface area (Å²) in [5.74, 6) is 0.597. The van der Waals surface area contributed by atoms with Gasteiger partial charge in [-0.25, -0.2) is 8.42 Å². The molecule has 0 bridgehead atoms. The summed E-state index contributed by atoms with van der Waals surface area (Å²) in [6, 6.07) is 8.33. The molecule has 0 aliphatic heterocycles. The molecule has 2 rings (SSSR count). The molecule has 2 N–H and O–H groups in total. The van der Waals surface area contributed by atoms with Gasteiger partial charge >= 0.3 is 0 Å². The third-order valence-electron chi connectivity index (χ3n) is 3.32. The number of rotatable bonds is 5. The Bertz CT molecular complexity index is 824. The zero-order valence-corrected chi connectivity index (χ0v) is 14.3. The zero-order valence-electron chi connectivity index (χ0n) is 13.5. The van der Waals surface area contributed by atoms with Crippen LogP contribution in [-0.2, 0) is 10.0 Å². The molecule has 1 amide bonds. The molecule has 0 saturated heterocycles. The first kappa shape index (κ1) is 17.1. The van der Waals surface area contributed by atoms with Crippen LogP contribution in [0.1, 0.15) is 40.4 Å². The van der Waals surface area contributed by atoms with Crippen molar-refractivity contribution in [3.8, 4) is 0 Å². The quantitative estimate of drug-likeness (QED) is 0.879. The van der Waals surface area contributed by atoms with Crippen molar-refractivity contribution in [3.05, 3.63) is 53.0 Å². The second-order valence-electron chi connectivity index (χ2n) is 5.53. The molecule has 23 heavy (non-hydrogen) atoms. The summed E-state index contributed by atoms with van der Waals surface area (Å²) in [5, 5.41) is 2.83. The molecule has 7 heteroatoms. The monoisotopic (exact) mass is 336 g/mol. The fourth-order valence-electron chi connectivity index (χ4n) is 2.37. The fraction of sp³-hybridized carbons (Fsp3) is 0.312. The number of nitrogens with one attached hydrogen (secondary N) is 2. The molecule has 0 aliphatic carbocycles. The van der Waals surface area contributed by atoms with Gasteiger partial charge in [0.05, 0.1) is 18.0 Å². The number of para-hydroxylation sites is 1. The normalized spacial score (nSPS) is 12.7. The largest absolute Gasteiger partial charge is 0.456 e. The van der Waals surface area contributed by atoms with Gasteiger partial charge in [-0.3, -0.25) is 9.52 Å². The second kappa shape index (κ2) is 6.45. The standard InChI is InChI=1S/C16H20N2O4S/c1-10-9-11(2)22-15(10)16(19)17-12(3)13-7-5-6-8-14(13)18-23(4,20)21/h5-9,12,18H,1-4H3,(H,17,19)/t12-/m0/s1. The number of amides is 1. The Morgan fingerprint density at radius 1 is 1.22 bits per heavy atom. The van der Waals surface area contributed by atoms with Gasteiger partial charge in [-0.2, -0.15) is 0 Å². The Labute approximate surface area is 135 Å². The summed E-state index contributed by atoms with van der Waals surface area (Å²) in [5.41, 5.74) is 1.87. The minimum absolute atomic E-state index is 0.267. The van der Waals surface area contributed by atoms with E-state index in [9.17, 15) is 13.2 Å². The summed E-state index contributed by atoms with van der Waals surface area (Å²) in [7, 11) is -3.40. The van der Waals surface area contributed by atoms with Gasteiger partial charge in [0.15, 0.2) is 5.76 Å². The summed E-state index contributed by atoms with van der Waals surface area (Å²) < 4.78 is 30.8. The van der Waals surface area contributed by atoms with Crippen LogP contribution in [0.3, 0.4) is 0 Å². The number of hydrogen-bond donors (Lipinski definition) is 2. The lowest BCUT2D eigenvalue weighted by Gasteiger charge is -2.18. The molecule has 6 nitrogen and oxygen atoms in total. The second-order valence-corrected chi connectivity index (χ2v) is 7.27. The highest BCUT2D eigenvalue weighted by Gasteiger charge is 2.19. The number of benzene rings is 1. The van der Waals surface area contributed by atoms with E-state index in [4.69, 9.17) is 4.42 Å². The Morgan fingerprint density at radius 3 is 2.43 bits per heavy atom. The van der Waals surface area contributed by atoms with Crippen LogP contribution in [0.2, 0.25) is 0 Å². The Balaban J connectivity index is 2.22. The number of carbonyl (C=O) groups is 1. The topological polar surface area (TPSA) is 88.4 Å². The highest BCUT2D eigenvalue weighted by Crippen LogP contribution is 2.24. The van der Waals surface area contributed by atoms with Crippen LogP contribution in [0.5, 0.6) is 0 Å². The van der Waals surface area contributed by atoms with Gasteiger partial charge in [-0.05, 0) is 38.5 Å². The molecule has 0 fully saturated rings. The van der Waals surface area contributed by atoms with Crippen molar-refractivity contribution in [2.75, 3.05) is 11.0 Å². The van der Waals surface area contributed by atoms with Crippen molar-refractivity contribution in [2.24, 2.45) is 0 Å². The molecule has 2 aromatic rings. The van der Waals surface area contributed by atoms with E-state index in [1.807, 2.05) is 0 Å². The van der Waals surface area contributed by atoms with Crippen molar-refractivity contribution in [3.63, 3.8) is 0 Å². The minimum Gasteiger partial charge on any atom is -0.456 e. The average molecular weight is 336 g/mol. The predicted molar refractivity (Wildman–Crippen MR) is 89.0 cm³/mol. The lowest BCUT2D eigenvalue weighted by molar-refractivity contribution is 0.0910. The van der Waals surface area contributed by atoms with Crippen molar-refractivity contribution >= 4 is 21.6 Å². The van der Waals surface area contributed by atoms with E-state index in [-0.39, 0.29) is 11.7 Å². The molecule has 1 heterocycles. The van der Waals surface area contributed by atoms with Gasteiger partial charge in [0, 0.05) is 5.56 Å². The molecule has 1 aromatic carbocycles. The van der Waals surface area contributed by atoms with Gasteiger partial charge < -0.3 is 9.73 Å². The van der Waals surface area contributed by atoms with Crippen LogP contribution in [0, 0.1) is 13.8 Å². The van der Waals surface area contributed by atoms with Crippen molar-refractivity contribution in [1.82, 2.24) is 5.32 Å². The van der Waals surface area contributed by atoms with Gasteiger partial charge in [-0.1, -0.05) is 18.2 Å². The highest BCUT2D eigenvalue weighted by molar-refractivity contribution is 7.92. The van der Waals surface area contributed by atoms with E-state index >= 15 is 0 Å². The smallest absolute Gasteiger partial charge is 0.287 e. The van der Waals surface area contributed by atoms with Gasteiger partial charge in [0.2, 0.25) is 10.0 Å². The summed E-state index contributed by atoms with van der Waals surface area (Å²) in [6.45, 7) is 5.36. The molecular weight excluding hydrogens is 316 g/mol. The fourth-order valence-corrected chi connectivity index (χ4v) is 2.96. The van der Waals surface area contributed by atoms with E-state index in [2.05, 4.69) is 10.0 Å². The third-order valence-corrected chi connectivity index (χ3v) is 3.91. The van der Waals surface area contributed by atoms with E-state index in [1.165, 1.54) is 0 Å². The number of furan rings is 1.